The van der Waals surface area contributed by atoms with Crippen molar-refractivity contribution in [1.82, 2.24) is 25.2 Å². The summed E-state index contributed by atoms with van der Waals surface area (Å²) in [7, 11) is -3.69. The Balaban J connectivity index is 1.48. The summed E-state index contributed by atoms with van der Waals surface area (Å²) in [5.41, 5.74) is 6.40. The zero-order valence-corrected chi connectivity index (χ0v) is 25.9. The standard InChI is InChI=1S/C27H38ClN7O5S2/c1-42(38,39)34-22(7-4-17-8-10-31-11-9-17)27(37)35-15-20(40-16-18-2-5-19(28)6-3-18)12-23(35)25(36)32-13-21-14-33-26(41-21)24(29)30/h2-3,5-6,14,17,20,22-23,31,34H,4,7-13,15-16H2,1H3,(H3,29,30)(H,32,36)/t20-,22-,23+/m1/s1. The van der Waals surface area contributed by atoms with Gasteiger partial charge in [0, 0.05) is 29.1 Å². The molecular formula is C27H38ClN7O5S2. The number of likely N-dealkylation sites (tertiary alicyclic amines) is 1. The predicted octanol–water partition coefficient (Wildman–Crippen LogP) is 1.58. The molecule has 4 rings (SSSR count). The van der Waals surface area contributed by atoms with Crippen LogP contribution in [0.1, 0.15) is 47.6 Å². The van der Waals surface area contributed by atoms with E-state index in [0.717, 1.165) is 37.8 Å². The van der Waals surface area contributed by atoms with Gasteiger partial charge in [0.15, 0.2) is 10.8 Å². The summed E-state index contributed by atoms with van der Waals surface area (Å²) < 4.78 is 33.1. The zero-order valence-electron chi connectivity index (χ0n) is 23.5. The average molecular weight is 640 g/mol. The highest BCUT2D eigenvalue weighted by molar-refractivity contribution is 7.88. The molecule has 0 aliphatic carbocycles. The number of carbonyl (C=O) groups excluding carboxylic acids is 2. The zero-order chi connectivity index (χ0) is 30.3. The van der Waals surface area contributed by atoms with Gasteiger partial charge in [-0.05, 0) is 62.4 Å². The first-order valence-electron chi connectivity index (χ1n) is 13.9. The highest BCUT2D eigenvalue weighted by atomic mass is 35.5. The lowest BCUT2D eigenvalue weighted by Crippen LogP contribution is -2.53. The number of nitrogen functional groups attached to an aromatic ring is 1. The van der Waals surface area contributed by atoms with E-state index in [1.54, 1.807) is 18.3 Å². The van der Waals surface area contributed by atoms with Crippen LogP contribution in [0.25, 0.3) is 0 Å². The van der Waals surface area contributed by atoms with Crippen molar-refractivity contribution in [3.05, 3.63) is 50.9 Å². The van der Waals surface area contributed by atoms with Crippen LogP contribution in [0.2, 0.25) is 5.02 Å². The lowest BCUT2D eigenvalue weighted by molar-refractivity contribution is -0.140. The molecule has 3 atom stereocenters. The number of thiazole rings is 1. The van der Waals surface area contributed by atoms with E-state index < -0.39 is 34.1 Å². The molecule has 2 aliphatic rings. The molecule has 42 heavy (non-hydrogen) atoms. The van der Waals surface area contributed by atoms with E-state index in [4.69, 9.17) is 27.5 Å². The molecule has 3 heterocycles. The summed E-state index contributed by atoms with van der Waals surface area (Å²) in [5, 5.41) is 14.7. The number of benzene rings is 1. The van der Waals surface area contributed by atoms with Crippen LogP contribution in [0.3, 0.4) is 0 Å². The third kappa shape index (κ3) is 9.44. The first-order chi connectivity index (χ1) is 20.0. The van der Waals surface area contributed by atoms with Gasteiger partial charge in [-0.25, -0.2) is 18.1 Å². The lowest BCUT2D eigenvalue weighted by Gasteiger charge is -2.29. The fraction of sp³-hybridized carbons (Fsp3) is 0.556. The molecule has 0 bridgehead atoms. The van der Waals surface area contributed by atoms with Gasteiger partial charge in [0.1, 0.15) is 12.1 Å². The van der Waals surface area contributed by atoms with Crippen molar-refractivity contribution in [2.45, 2.75) is 63.4 Å². The fourth-order valence-corrected chi connectivity index (χ4v) is 6.85. The third-order valence-corrected chi connectivity index (χ3v) is 9.44. The van der Waals surface area contributed by atoms with Crippen LogP contribution in [-0.4, -0.2) is 80.0 Å². The summed E-state index contributed by atoms with van der Waals surface area (Å²) >= 11 is 7.19. The number of ether oxygens (including phenoxy) is 1. The van der Waals surface area contributed by atoms with Crippen LogP contribution < -0.4 is 21.1 Å². The number of sulfonamides is 1. The van der Waals surface area contributed by atoms with Crippen molar-refractivity contribution in [1.29, 1.82) is 5.41 Å². The van der Waals surface area contributed by atoms with E-state index in [1.165, 1.54) is 16.2 Å². The molecular weight excluding hydrogens is 602 g/mol. The molecule has 1 aromatic carbocycles. The van der Waals surface area contributed by atoms with Crippen LogP contribution >= 0.6 is 22.9 Å². The number of halogens is 1. The van der Waals surface area contributed by atoms with E-state index in [0.29, 0.717) is 33.7 Å². The minimum atomic E-state index is -3.69. The average Bonchev–Trinajstić information content (AvgIpc) is 3.61. The minimum absolute atomic E-state index is 0.148. The van der Waals surface area contributed by atoms with Crippen molar-refractivity contribution < 1.29 is 22.7 Å². The minimum Gasteiger partial charge on any atom is -0.382 e. The van der Waals surface area contributed by atoms with E-state index in [1.807, 2.05) is 12.1 Å². The van der Waals surface area contributed by atoms with Crippen molar-refractivity contribution in [3.63, 3.8) is 0 Å². The van der Waals surface area contributed by atoms with Crippen LogP contribution in [0.4, 0.5) is 0 Å². The number of carbonyl (C=O) groups is 2. The molecule has 2 aliphatic heterocycles. The maximum Gasteiger partial charge on any atom is 0.243 e. The third-order valence-electron chi connectivity index (χ3n) is 7.44. The van der Waals surface area contributed by atoms with Crippen molar-refractivity contribution in [3.8, 4) is 0 Å². The monoisotopic (exact) mass is 639 g/mol. The molecule has 2 saturated heterocycles. The smallest absolute Gasteiger partial charge is 0.243 e. The molecule has 0 unspecified atom stereocenters. The molecule has 0 radical (unpaired) electrons. The van der Waals surface area contributed by atoms with Crippen LogP contribution in [-0.2, 0) is 37.5 Å². The van der Waals surface area contributed by atoms with Gasteiger partial charge in [0.2, 0.25) is 21.8 Å². The number of hydrogen-bond donors (Lipinski definition) is 5. The molecule has 6 N–H and O–H groups in total. The lowest BCUT2D eigenvalue weighted by atomic mass is 9.91. The van der Waals surface area contributed by atoms with Crippen LogP contribution in [0, 0.1) is 11.3 Å². The Morgan fingerprint density at radius 1 is 1.29 bits per heavy atom. The number of nitrogens with one attached hydrogen (secondary N) is 4. The second-order valence-corrected chi connectivity index (χ2v) is 14.1. The number of hydrogen-bond acceptors (Lipinski definition) is 9. The molecule has 0 spiro atoms. The Morgan fingerprint density at radius 2 is 2.00 bits per heavy atom. The van der Waals surface area contributed by atoms with Gasteiger partial charge in [-0.15, -0.1) is 11.3 Å². The number of piperidine rings is 1. The van der Waals surface area contributed by atoms with Gasteiger partial charge in [-0.3, -0.25) is 15.0 Å². The van der Waals surface area contributed by atoms with E-state index in [2.05, 4.69) is 20.3 Å². The molecule has 15 heteroatoms. The van der Waals surface area contributed by atoms with Crippen molar-refractivity contribution in [2.75, 3.05) is 25.9 Å². The second-order valence-electron chi connectivity index (χ2n) is 10.8. The molecule has 2 fully saturated rings. The summed E-state index contributed by atoms with van der Waals surface area (Å²) in [6, 6.07) is 5.39. The number of rotatable bonds is 13. The van der Waals surface area contributed by atoms with Gasteiger partial charge in [0.05, 0.1) is 25.5 Å². The van der Waals surface area contributed by atoms with Crippen LogP contribution in [0.15, 0.2) is 30.5 Å². The number of aromatic nitrogens is 1. The summed E-state index contributed by atoms with van der Waals surface area (Å²) in [4.78, 5) is 33.6. The normalized spacial score (nSPS) is 20.4. The highest BCUT2D eigenvalue weighted by Gasteiger charge is 2.42. The second kappa shape index (κ2) is 14.7. The predicted molar refractivity (Wildman–Crippen MR) is 162 cm³/mol. The van der Waals surface area contributed by atoms with Crippen LogP contribution in [0.5, 0.6) is 0 Å². The molecule has 12 nitrogen and oxygen atoms in total. The maximum absolute atomic E-state index is 13.9. The Hall–Kier alpha value is -2.62. The summed E-state index contributed by atoms with van der Waals surface area (Å²) in [6.07, 6.45) is 5.38. The first kappa shape index (κ1) is 32.3. The van der Waals surface area contributed by atoms with E-state index >= 15 is 0 Å². The molecule has 2 aromatic rings. The maximum atomic E-state index is 13.9. The largest absolute Gasteiger partial charge is 0.382 e. The van der Waals surface area contributed by atoms with Gasteiger partial charge >= 0.3 is 0 Å². The Bertz CT molecular complexity index is 1350. The summed E-state index contributed by atoms with van der Waals surface area (Å²) in [6.45, 7) is 2.37. The number of nitrogens with zero attached hydrogens (tertiary/aromatic N) is 2. The molecule has 0 saturated carbocycles. The molecule has 230 valence electrons. The Labute approximate surface area is 255 Å². The fourth-order valence-electron chi connectivity index (χ4n) is 5.27. The summed E-state index contributed by atoms with van der Waals surface area (Å²) in [5.74, 6) is -0.575. The highest BCUT2D eigenvalue weighted by Crippen LogP contribution is 2.26. The number of nitrogens with two attached hydrogens (primary N) is 1. The topological polar surface area (TPSA) is 180 Å². The van der Waals surface area contributed by atoms with Gasteiger partial charge < -0.3 is 26.0 Å². The Kier molecular flexibility index (Phi) is 11.3. The Morgan fingerprint density at radius 3 is 2.64 bits per heavy atom. The van der Waals surface area contributed by atoms with Gasteiger partial charge in [-0.2, -0.15) is 0 Å². The van der Waals surface area contributed by atoms with E-state index in [9.17, 15) is 18.0 Å². The quantitative estimate of drug-likeness (QED) is 0.162. The van der Waals surface area contributed by atoms with E-state index in [-0.39, 0.29) is 37.9 Å². The van der Waals surface area contributed by atoms with Crippen molar-refractivity contribution >= 4 is 50.6 Å². The number of amides is 2. The van der Waals surface area contributed by atoms with Crippen molar-refractivity contribution in [2.24, 2.45) is 11.7 Å². The first-order valence-corrected chi connectivity index (χ1v) is 17.0. The van der Waals surface area contributed by atoms with Gasteiger partial charge in [-0.1, -0.05) is 23.7 Å². The molecule has 1 aromatic heterocycles. The molecule has 2 amide bonds. The number of amidine groups is 1. The van der Waals surface area contributed by atoms with Gasteiger partial charge in [0.25, 0.3) is 0 Å². The SMILES string of the molecule is CS(=O)(=O)N[C@H](CCC1CCNCC1)C(=O)N1C[C@H](OCc2ccc(Cl)cc2)C[C@H]1C(=O)NCc1cnc(C(=N)N)s1.